The van der Waals surface area contributed by atoms with E-state index in [-0.39, 0.29) is 5.91 Å². The van der Waals surface area contributed by atoms with Crippen molar-refractivity contribution in [3.05, 3.63) is 41.2 Å². The Morgan fingerprint density at radius 2 is 1.91 bits per heavy atom. The predicted molar refractivity (Wildman–Crippen MR) is 88.2 cm³/mol. The Morgan fingerprint density at radius 3 is 2.48 bits per heavy atom. The summed E-state index contributed by atoms with van der Waals surface area (Å²) < 4.78 is 12.2. The van der Waals surface area contributed by atoms with E-state index in [1.807, 2.05) is 32.2 Å². The van der Waals surface area contributed by atoms with Crippen molar-refractivity contribution in [2.45, 2.75) is 13.3 Å². The number of carbonyl (C=O) groups is 1. The average Bonchev–Trinajstić information content (AvgIpc) is 2.90. The SMILES string of the molecule is COc1ccc(CCN(C)C(=O)c2cc(C)n(C)n2)cc1OC. The van der Waals surface area contributed by atoms with Crippen molar-refractivity contribution < 1.29 is 14.3 Å². The Kier molecular flexibility index (Phi) is 5.26. The van der Waals surface area contributed by atoms with Gasteiger partial charge in [0.1, 0.15) is 0 Å². The molecule has 1 aromatic heterocycles. The second-order valence-electron chi connectivity index (χ2n) is 5.46. The second-order valence-corrected chi connectivity index (χ2v) is 5.46. The number of amides is 1. The molecular weight excluding hydrogens is 294 g/mol. The molecule has 0 aliphatic rings. The van der Waals surface area contributed by atoms with Crippen molar-refractivity contribution in [2.75, 3.05) is 27.8 Å². The van der Waals surface area contributed by atoms with Crippen molar-refractivity contribution >= 4 is 5.91 Å². The minimum Gasteiger partial charge on any atom is -0.493 e. The number of likely N-dealkylation sites (N-methyl/N-ethyl adjacent to an activating group) is 1. The number of hydrogen-bond acceptors (Lipinski definition) is 4. The van der Waals surface area contributed by atoms with E-state index < -0.39 is 0 Å². The lowest BCUT2D eigenvalue weighted by molar-refractivity contribution is 0.0790. The Balaban J connectivity index is 2.01. The summed E-state index contributed by atoms with van der Waals surface area (Å²) in [5.41, 5.74) is 2.51. The normalized spacial score (nSPS) is 10.5. The highest BCUT2D eigenvalue weighted by molar-refractivity contribution is 5.92. The van der Waals surface area contributed by atoms with Gasteiger partial charge in [-0.3, -0.25) is 9.48 Å². The van der Waals surface area contributed by atoms with Gasteiger partial charge in [-0.15, -0.1) is 0 Å². The van der Waals surface area contributed by atoms with Crippen LogP contribution < -0.4 is 9.47 Å². The minimum atomic E-state index is -0.0748. The summed E-state index contributed by atoms with van der Waals surface area (Å²) >= 11 is 0. The Bertz CT molecular complexity index is 675. The summed E-state index contributed by atoms with van der Waals surface area (Å²) in [7, 11) is 6.84. The van der Waals surface area contributed by atoms with E-state index in [1.165, 1.54) is 0 Å². The van der Waals surface area contributed by atoms with E-state index in [4.69, 9.17) is 9.47 Å². The molecule has 0 aliphatic heterocycles. The van der Waals surface area contributed by atoms with E-state index in [0.717, 1.165) is 17.7 Å². The van der Waals surface area contributed by atoms with E-state index >= 15 is 0 Å². The third-order valence-corrected chi connectivity index (χ3v) is 3.86. The largest absolute Gasteiger partial charge is 0.493 e. The van der Waals surface area contributed by atoms with E-state index in [0.29, 0.717) is 23.7 Å². The first kappa shape index (κ1) is 16.9. The van der Waals surface area contributed by atoms with Crippen LogP contribution in [0, 0.1) is 6.92 Å². The van der Waals surface area contributed by atoms with Crippen LogP contribution in [0.2, 0.25) is 0 Å². The van der Waals surface area contributed by atoms with Gasteiger partial charge in [0.05, 0.1) is 14.2 Å². The van der Waals surface area contributed by atoms with Gasteiger partial charge < -0.3 is 14.4 Å². The van der Waals surface area contributed by atoms with E-state index in [9.17, 15) is 4.79 Å². The van der Waals surface area contributed by atoms with Crippen LogP contribution in [-0.2, 0) is 13.5 Å². The summed E-state index contributed by atoms with van der Waals surface area (Å²) in [6, 6.07) is 7.58. The Labute approximate surface area is 136 Å². The molecule has 6 nitrogen and oxygen atoms in total. The molecular formula is C17H23N3O3. The molecule has 0 fully saturated rings. The molecule has 0 saturated carbocycles. The summed E-state index contributed by atoms with van der Waals surface area (Å²) in [5, 5.41) is 4.23. The van der Waals surface area contributed by atoms with Crippen molar-refractivity contribution in [2.24, 2.45) is 7.05 Å². The molecule has 2 aromatic rings. The fourth-order valence-electron chi connectivity index (χ4n) is 2.30. The maximum atomic E-state index is 12.4. The number of hydrogen-bond donors (Lipinski definition) is 0. The van der Waals surface area contributed by atoms with Crippen LogP contribution in [0.3, 0.4) is 0 Å². The number of carbonyl (C=O) groups excluding carboxylic acids is 1. The lowest BCUT2D eigenvalue weighted by Gasteiger charge is -2.16. The van der Waals surface area contributed by atoms with Gasteiger partial charge in [0, 0.05) is 26.3 Å². The molecule has 0 bridgehead atoms. The number of rotatable bonds is 6. The number of methoxy groups -OCH3 is 2. The number of aryl methyl sites for hydroxylation is 2. The quantitative estimate of drug-likeness (QED) is 0.818. The fraction of sp³-hybridized carbons (Fsp3) is 0.412. The standard InChI is InChI=1S/C17H23N3O3/c1-12-10-14(18-20(12)3)17(21)19(2)9-8-13-6-7-15(22-4)16(11-13)23-5/h6-7,10-11H,8-9H2,1-5H3. The first-order chi connectivity index (χ1) is 11.0. The van der Waals surface area contributed by atoms with Crippen molar-refractivity contribution in [3.63, 3.8) is 0 Å². The van der Waals surface area contributed by atoms with Gasteiger partial charge in [0.25, 0.3) is 5.91 Å². The molecule has 2 rings (SSSR count). The topological polar surface area (TPSA) is 56.6 Å². The molecule has 23 heavy (non-hydrogen) atoms. The number of aromatic nitrogens is 2. The van der Waals surface area contributed by atoms with Crippen molar-refractivity contribution in [3.8, 4) is 11.5 Å². The lowest BCUT2D eigenvalue weighted by atomic mass is 10.1. The van der Waals surface area contributed by atoms with Gasteiger partial charge in [0.15, 0.2) is 17.2 Å². The maximum absolute atomic E-state index is 12.4. The van der Waals surface area contributed by atoms with Crippen LogP contribution in [0.5, 0.6) is 11.5 Å². The van der Waals surface area contributed by atoms with Gasteiger partial charge >= 0.3 is 0 Å². The monoisotopic (exact) mass is 317 g/mol. The first-order valence-electron chi connectivity index (χ1n) is 7.43. The van der Waals surface area contributed by atoms with Gasteiger partial charge in [-0.2, -0.15) is 5.10 Å². The van der Waals surface area contributed by atoms with Gasteiger partial charge in [-0.25, -0.2) is 0 Å². The molecule has 0 radical (unpaired) electrons. The van der Waals surface area contributed by atoms with Crippen LogP contribution in [0.4, 0.5) is 0 Å². The second kappa shape index (κ2) is 7.17. The van der Waals surface area contributed by atoms with Crippen LogP contribution in [-0.4, -0.2) is 48.4 Å². The zero-order valence-electron chi connectivity index (χ0n) is 14.3. The number of ether oxygens (including phenoxy) is 2. The highest BCUT2D eigenvalue weighted by Gasteiger charge is 2.16. The summed E-state index contributed by atoms with van der Waals surface area (Å²) in [6.07, 6.45) is 0.731. The third kappa shape index (κ3) is 3.83. The van der Waals surface area contributed by atoms with E-state index in [1.54, 1.807) is 36.9 Å². The van der Waals surface area contributed by atoms with Crippen LogP contribution in [0.1, 0.15) is 21.7 Å². The number of benzene rings is 1. The molecule has 124 valence electrons. The van der Waals surface area contributed by atoms with Gasteiger partial charge in [0.2, 0.25) is 0 Å². The smallest absolute Gasteiger partial charge is 0.274 e. The molecule has 0 aliphatic carbocycles. The molecule has 1 amide bonds. The Hall–Kier alpha value is -2.50. The maximum Gasteiger partial charge on any atom is 0.274 e. The molecule has 6 heteroatoms. The summed E-state index contributed by atoms with van der Waals surface area (Å²) in [4.78, 5) is 14.0. The first-order valence-corrected chi connectivity index (χ1v) is 7.43. The van der Waals surface area contributed by atoms with Gasteiger partial charge in [-0.1, -0.05) is 6.07 Å². The molecule has 1 aromatic carbocycles. The van der Waals surface area contributed by atoms with Crippen molar-refractivity contribution in [1.29, 1.82) is 0 Å². The lowest BCUT2D eigenvalue weighted by Crippen LogP contribution is -2.29. The van der Waals surface area contributed by atoms with Gasteiger partial charge in [-0.05, 0) is 37.1 Å². The van der Waals surface area contributed by atoms with Crippen LogP contribution in [0.15, 0.2) is 24.3 Å². The third-order valence-electron chi connectivity index (χ3n) is 3.86. The summed E-state index contributed by atoms with van der Waals surface area (Å²) in [5.74, 6) is 1.32. The minimum absolute atomic E-state index is 0.0748. The zero-order valence-corrected chi connectivity index (χ0v) is 14.3. The average molecular weight is 317 g/mol. The molecule has 0 atom stereocenters. The molecule has 1 heterocycles. The molecule has 0 unspecified atom stereocenters. The van der Waals surface area contributed by atoms with E-state index in [2.05, 4.69) is 5.10 Å². The predicted octanol–water partition coefficient (Wildman–Crippen LogP) is 2.06. The Morgan fingerprint density at radius 1 is 1.22 bits per heavy atom. The molecule has 0 spiro atoms. The zero-order chi connectivity index (χ0) is 17.0. The molecule has 0 N–H and O–H groups in total. The fourth-order valence-corrected chi connectivity index (χ4v) is 2.30. The molecule has 0 saturated heterocycles. The highest BCUT2D eigenvalue weighted by Crippen LogP contribution is 2.27. The highest BCUT2D eigenvalue weighted by atomic mass is 16.5. The number of nitrogens with zero attached hydrogens (tertiary/aromatic N) is 3. The van der Waals surface area contributed by atoms with Crippen LogP contribution in [0.25, 0.3) is 0 Å². The van der Waals surface area contributed by atoms with Crippen LogP contribution >= 0.6 is 0 Å². The van der Waals surface area contributed by atoms with Crippen molar-refractivity contribution in [1.82, 2.24) is 14.7 Å². The summed E-state index contributed by atoms with van der Waals surface area (Å²) in [6.45, 7) is 2.53.